The Morgan fingerprint density at radius 1 is 0.769 bits per heavy atom. The van der Waals surface area contributed by atoms with Crippen molar-refractivity contribution in [3.8, 4) is 0 Å². The zero-order valence-corrected chi connectivity index (χ0v) is 21.2. The molecule has 216 valence electrons. The number of likely N-dealkylation sites (tertiary alicyclic amines) is 2. The molecular weight excluding hydrogens is 520 g/mol. The van der Waals surface area contributed by atoms with Gasteiger partial charge in [-0.25, -0.2) is 4.79 Å². The van der Waals surface area contributed by atoms with Crippen LogP contribution in [0.4, 0.5) is 0 Å². The molecule has 4 atom stereocenters. The highest BCUT2D eigenvalue weighted by molar-refractivity contribution is 5.97. The molecule has 0 saturated carbocycles. The molecule has 2 aliphatic rings. The maximum atomic E-state index is 12.8. The van der Waals surface area contributed by atoms with E-state index in [1.807, 2.05) is 0 Å². The smallest absolute Gasteiger partial charge is 0.326 e. The van der Waals surface area contributed by atoms with Gasteiger partial charge in [0.05, 0.1) is 25.9 Å². The second-order valence-corrected chi connectivity index (χ2v) is 9.21. The van der Waals surface area contributed by atoms with E-state index < -0.39 is 90.9 Å². The predicted molar refractivity (Wildman–Crippen MR) is 131 cm³/mol. The number of carboxylic acids is 1. The average Bonchev–Trinajstić information content (AvgIpc) is 3.55. The molecule has 39 heavy (non-hydrogen) atoms. The van der Waals surface area contributed by atoms with Gasteiger partial charge in [0, 0.05) is 13.1 Å². The van der Waals surface area contributed by atoms with E-state index in [-0.39, 0.29) is 19.5 Å². The molecule has 17 nitrogen and oxygen atoms in total. The van der Waals surface area contributed by atoms with Crippen LogP contribution in [0.2, 0.25) is 0 Å². The molecule has 2 fully saturated rings. The van der Waals surface area contributed by atoms with Crippen molar-refractivity contribution in [3.05, 3.63) is 0 Å². The third kappa shape index (κ3) is 8.62. The number of hydrogen-bond donors (Lipinski definition) is 7. The number of carbonyl (C=O) groups excluding carboxylic acids is 7. The number of amides is 7. The summed E-state index contributed by atoms with van der Waals surface area (Å²) in [5.74, 6) is -6.80. The van der Waals surface area contributed by atoms with Crippen LogP contribution in [0.1, 0.15) is 38.5 Å². The monoisotopic (exact) mass is 554 g/mol. The van der Waals surface area contributed by atoms with Crippen molar-refractivity contribution in [3.63, 3.8) is 0 Å². The largest absolute Gasteiger partial charge is 0.480 e. The Hall–Kier alpha value is -4.28. The van der Waals surface area contributed by atoms with E-state index in [1.165, 1.54) is 4.90 Å². The lowest BCUT2D eigenvalue weighted by molar-refractivity contribution is -0.145. The van der Waals surface area contributed by atoms with Crippen molar-refractivity contribution >= 4 is 47.3 Å². The fraction of sp³-hybridized carbons (Fsp3) is 0.636. The highest BCUT2D eigenvalue weighted by atomic mass is 16.4. The number of carboxylic acid groups (broad SMARTS) is 1. The van der Waals surface area contributed by atoms with E-state index in [1.54, 1.807) is 0 Å². The normalized spacial score (nSPS) is 20.0. The van der Waals surface area contributed by atoms with Gasteiger partial charge in [-0.1, -0.05) is 0 Å². The average molecular weight is 555 g/mol. The second-order valence-electron chi connectivity index (χ2n) is 9.21. The molecule has 7 amide bonds. The fourth-order valence-corrected chi connectivity index (χ4v) is 4.53. The number of primary amides is 2. The Morgan fingerprint density at radius 2 is 1.23 bits per heavy atom. The SMILES string of the molecule is NCC(=O)N1CCC[C@H]1C(=O)N[C@@H](CC(N)=O)C(=O)NCC(=O)N1CCC[C@H]1C(=O)N[C@@H](CC(N)=O)C(=O)O. The lowest BCUT2D eigenvalue weighted by Crippen LogP contribution is -2.56. The molecule has 10 N–H and O–H groups in total. The fourth-order valence-electron chi connectivity index (χ4n) is 4.53. The molecular formula is C22H34N8O9. The van der Waals surface area contributed by atoms with Crippen molar-refractivity contribution < 1.29 is 43.5 Å². The van der Waals surface area contributed by atoms with Crippen molar-refractivity contribution in [2.45, 2.75) is 62.7 Å². The molecule has 0 aromatic heterocycles. The van der Waals surface area contributed by atoms with Gasteiger partial charge in [0.2, 0.25) is 41.4 Å². The number of rotatable bonds is 13. The Balaban J connectivity index is 2.00. The maximum Gasteiger partial charge on any atom is 0.326 e. The summed E-state index contributed by atoms with van der Waals surface area (Å²) in [4.78, 5) is 99.3. The summed E-state index contributed by atoms with van der Waals surface area (Å²) in [6, 6.07) is -4.92. The van der Waals surface area contributed by atoms with Gasteiger partial charge in [-0.05, 0) is 25.7 Å². The quantitative estimate of drug-likeness (QED) is 0.114. The molecule has 0 spiro atoms. The van der Waals surface area contributed by atoms with Crippen molar-refractivity contribution in [1.29, 1.82) is 0 Å². The number of nitrogens with two attached hydrogens (primary N) is 3. The molecule has 17 heteroatoms. The molecule has 0 aromatic rings. The molecule has 0 radical (unpaired) electrons. The van der Waals surface area contributed by atoms with E-state index in [9.17, 15) is 43.5 Å². The van der Waals surface area contributed by atoms with Gasteiger partial charge in [-0.15, -0.1) is 0 Å². The third-order valence-corrected chi connectivity index (χ3v) is 6.40. The minimum atomic E-state index is -1.57. The molecule has 0 bridgehead atoms. The Labute approximate surface area is 223 Å². The second kappa shape index (κ2) is 14.0. The highest BCUT2D eigenvalue weighted by Gasteiger charge is 2.38. The zero-order valence-electron chi connectivity index (χ0n) is 21.2. The van der Waals surface area contributed by atoms with Crippen LogP contribution in [-0.2, 0) is 38.4 Å². The van der Waals surface area contributed by atoms with Crippen molar-refractivity contribution in [2.24, 2.45) is 17.2 Å². The summed E-state index contributed by atoms with van der Waals surface area (Å²) >= 11 is 0. The van der Waals surface area contributed by atoms with Gasteiger partial charge >= 0.3 is 5.97 Å². The summed E-state index contributed by atoms with van der Waals surface area (Å²) in [6.07, 6.45) is 0.310. The Bertz CT molecular complexity index is 1020. The Kier molecular flexibility index (Phi) is 11.1. The zero-order chi connectivity index (χ0) is 29.3. The lowest BCUT2D eigenvalue weighted by Gasteiger charge is -2.27. The van der Waals surface area contributed by atoms with Crippen LogP contribution in [0, 0.1) is 0 Å². The Morgan fingerprint density at radius 3 is 1.69 bits per heavy atom. The summed E-state index contributed by atoms with van der Waals surface area (Å²) in [6.45, 7) is -0.433. The van der Waals surface area contributed by atoms with Crippen LogP contribution in [0.15, 0.2) is 0 Å². The standard InChI is InChI=1S/C22H34N8O9/c23-9-17(33)29-5-1-3-13(29)20(36)27-11(7-15(24)31)19(35)26-10-18(34)30-6-2-4-14(30)21(37)28-12(22(38)39)8-16(25)32/h11-14H,1-10,23H2,(H2,24,31)(H2,25,32)(H,26,35)(H,27,36)(H,28,37)(H,38,39)/t11-,12-,13-,14-/m0/s1. The first kappa shape index (κ1) is 30.9. The minimum absolute atomic E-state index is 0.147. The van der Waals surface area contributed by atoms with Crippen LogP contribution < -0.4 is 33.2 Å². The van der Waals surface area contributed by atoms with Crippen molar-refractivity contribution in [1.82, 2.24) is 25.8 Å². The summed E-state index contributed by atoms with van der Waals surface area (Å²) in [5.41, 5.74) is 15.6. The van der Waals surface area contributed by atoms with Gasteiger partial charge in [-0.2, -0.15) is 0 Å². The van der Waals surface area contributed by atoms with Crippen LogP contribution in [-0.4, -0.2) is 113 Å². The van der Waals surface area contributed by atoms with Crippen molar-refractivity contribution in [2.75, 3.05) is 26.2 Å². The van der Waals surface area contributed by atoms with Gasteiger partial charge in [0.1, 0.15) is 24.2 Å². The number of nitrogens with zero attached hydrogens (tertiary/aromatic N) is 2. The van der Waals surface area contributed by atoms with E-state index >= 15 is 0 Å². The van der Waals surface area contributed by atoms with Gasteiger partial charge in [0.15, 0.2) is 0 Å². The van der Waals surface area contributed by atoms with Crippen LogP contribution in [0.25, 0.3) is 0 Å². The van der Waals surface area contributed by atoms with Crippen LogP contribution in [0.3, 0.4) is 0 Å². The first-order chi connectivity index (χ1) is 18.3. The first-order valence-corrected chi connectivity index (χ1v) is 12.3. The number of hydrogen-bond acceptors (Lipinski definition) is 9. The number of nitrogens with one attached hydrogen (secondary N) is 3. The maximum absolute atomic E-state index is 12.8. The minimum Gasteiger partial charge on any atom is -0.480 e. The third-order valence-electron chi connectivity index (χ3n) is 6.40. The molecule has 2 aliphatic heterocycles. The van der Waals surface area contributed by atoms with E-state index in [0.29, 0.717) is 25.8 Å². The summed E-state index contributed by atoms with van der Waals surface area (Å²) < 4.78 is 0. The number of aliphatic carboxylic acids is 1. The molecule has 0 aliphatic carbocycles. The number of carbonyl (C=O) groups is 8. The lowest BCUT2D eigenvalue weighted by atomic mass is 10.1. The predicted octanol–water partition coefficient (Wildman–Crippen LogP) is -5.15. The van der Waals surface area contributed by atoms with Crippen LogP contribution >= 0.6 is 0 Å². The van der Waals surface area contributed by atoms with Gasteiger partial charge in [-0.3, -0.25) is 33.6 Å². The summed E-state index contributed by atoms with van der Waals surface area (Å²) in [7, 11) is 0. The highest BCUT2D eigenvalue weighted by Crippen LogP contribution is 2.19. The van der Waals surface area contributed by atoms with Crippen LogP contribution in [0.5, 0.6) is 0 Å². The van der Waals surface area contributed by atoms with Gasteiger partial charge in [0.25, 0.3) is 0 Å². The first-order valence-electron chi connectivity index (χ1n) is 12.3. The molecule has 2 rings (SSSR count). The molecule has 2 heterocycles. The molecule has 2 saturated heterocycles. The topological polar surface area (TPSA) is 277 Å². The molecule has 0 aromatic carbocycles. The van der Waals surface area contributed by atoms with E-state index in [0.717, 1.165) is 4.90 Å². The van der Waals surface area contributed by atoms with Gasteiger partial charge < -0.3 is 48.1 Å². The molecule has 0 unspecified atom stereocenters. The summed E-state index contributed by atoms with van der Waals surface area (Å²) in [5, 5.41) is 16.1. The van der Waals surface area contributed by atoms with E-state index in [2.05, 4.69) is 16.0 Å². The van der Waals surface area contributed by atoms with E-state index in [4.69, 9.17) is 17.2 Å².